The first-order chi connectivity index (χ1) is 13.3. The first-order valence-corrected chi connectivity index (χ1v) is 8.91. The Morgan fingerprint density at radius 2 is 1.96 bits per heavy atom. The van der Waals surface area contributed by atoms with E-state index >= 15 is 0 Å². The van der Waals surface area contributed by atoms with Crippen molar-refractivity contribution in [2.24, 2.45) is 0 Å². The van der Waals surface area contributed by atoms with E-state index in [2.05, 4.69) is 36.2 Å². The molecule has 1 aliphatic heterocycles. The van der Waals surface area contributed by atoms with Crippen LogP contribution in [0.25, 0.3) is 0 Å². The van der Waals surface area contributed by atoms with Crippen molar-refractivity contribution in [2.45, 2.75) is 19.4 Å². The van der Waals surface area contributed by atoms with E-state index in [1.807, 2.05) is 18.3 Å². The van der Waals surface area contributed by atoms with Gasteiger partial charge in [0.2, 0.25) is 0 Å². The van der Waals surface area contributed by atoms with Crippen molar-refractivity contribution in [3.05, 3.63) is 71.6 Å². The van der Waals surface area contributed by atoms with Crippen LogP contribution in [0.3, 0.4) is 0 Å². The van der Waals surface area contributed by atoms with Crippen molar-refractivity contribution in [3.63, 3.8) is 0 Å². The predicted molar refractivity (Wildman–Crippen MR) is 102 cm³/mol. The smallest absolute Gasteiger partial charge is 0.146 e. The van der Waals surface area contributed by atoms with Gasteiger partial charge in [-0.25, -0.2) is 15.0 Å². The zero-order valence-electron chi connectivity index (χ0n) is 14.8. The molecule has 0 saturated heterocycles. The zero-order chi connectivity index (χ0) is 18.5. The molecule has 7 heteroatoms. The van der Waals surface area contributed by atoms with Crippen molar-refractivity contribution in [2.75, 3.05) is 23.3 Å². The third-order valence-electron chi connectivity index (χ3n) is 4.67. The van der Waals surface area contributed by atoms with Gasteiger partial charge < -0.3 is 10.2 Å². The number of pyridine rings is 2. The number of hydrogen-bond acceptors (Lipinski definition) is 7. The van der Waals surface area contributed by atoms with Gasteiger partial charge in [-0.1, -0.05) is 6.07 Å². The quantitative estimate of drug-likeness (QED) is 0.766. The summed E-state index contributed by atoms with van der Waals surface area (Å²) in [6, 6.07) is 9.79. The lowest BCUT2D eigenvalue weighted by Gasteiger charge is -2.22. The van der Waals surface area contributed by atoms with Gasteiger partial charge in [0, 0.05) is 50.2 Å². The normalized spacial score (nSPS) is 13.4. The minimum Gasteiger partial charge on any atom is -0.366 e. The van der Waals surface area contributed by atoms with E-state index in [1.54, 1.807) is 30.9 Å². The van der Waals surface area contributed by atoms with E-state index in [-0.39, 0.29) is 0 Å². The van der Waals surface area contributed by atoms with Crippen LogP contribution in [-0.4, -0.2) is 33.0 Å². The molecule has 0 aliphatic carbocycles. The number of aromatic nitrogens is 4. The van der Waals surface area contributed by atoms with Gasteiger partial charge in [-0.15, -0.1) is 0 Å². The van der Waals surface area contributed by atoms with Gasteiger partial charge in [-0.2, -0.15) is 5.26 Å². The monoisotopic (exact) mass is 357 g/mol. The fourth-order valence-corrected chi connectivity index (χ4v) is 3.32. The molecule has 3 aromatic heterocycles. The second-order valence-electron chi connectivity index (χ2n) is 6.34. The van der Waals surface area contributed by atoms with E-state index in [0.29, 0.717) is 12.1 Å². The Morgan fingerprint density at radius 3 is 2.81 bits per heavy atom. The number of nitrogens with one attached hydrogen (secondary N) is 1. The molecule has 4 heterocycles. The molecule has 0 bridgehead atoms. The molecule has 7 nitrogen and oxygen atoms in total. The second-order valence-corrected chi connectivity index (χ2v) is 6.34. The van der Waals surface area contributed by atoms with Crippen LogP contribution in [0.1, 0.15) is 22.4 Å². The third kappa shape index (κ3) is 3.70. The Labute approximate surface area is 157 Å². The van der Waals surface area contributed by atoms with Crippen LogP contribution in [-0.2, 0) is 19.4 Å². The molecule has 0 amide bonds. The Bertz CT molecular complexity index is 966. The summed E-state index contributed by atoms with van der Waals surface area (Å²) in [5.41, 5.74) is 3.89. The molecule has 0 saturated carbocycles. The molecule has 0 unspecified atom stereocenters. The maximum atomic E-state index is 9.36. The molecule has 27 heavy (non-hydrogen) atoms. The van der Waals surface area contributed by atoms with Crippen LogP contribution in [0.4, 0.5) is 11.6 Å². The molecule has 0 radical (unpaired) electrons. The number of nitriles is 1. The lowest BCUT2D eigenvalue weighted by molar-refractivity contribution is 0.786. The molecule has 0 spiro atoms. The van der Waals surface area contributed by atoms with Gasteiger partial charge in [0.05, 0.1) is 11.3 Å². The van der Waals surface area contributed by atoms with E-state index in [1.165, 1.54) is 0 Å². The lowest BCUT2D eigenvalue weighted by atomic mass is 10.1. The van der Waals surface area contributed by atoms with Gasteiger partial charge in [0.25, 0.3) is 0 Å². The zero-order valence-corrected chi connectivity index (χ0v) is 14.8. The second kappa shape index (κ2) is 7.79. The Hall–Kier alpha value is -3.53. The first kappa shape index (κ1) is 16.9. The minimum absolute atomic E-state index is 0.601. The van der Waals surface area contributed by atoms with Gasteiger partial charge in [-0.3, -0.25) is 4.98 Å². The number of fused-ring (bicyclic) bond motifs is 1. The minimum atomic E-state index is 0.601. The maximum absolute atomic E-state index is 9.36. The van der Waals surface area contributed by atoms with Gasteiger partial charge in [0.15, 0.2) is 0 Å². The molecule has 0 atom stereocenters. The van der Waals surface area contributed by atoms with Crippen LogP contribution in [0.15, 0.2) is 49.2 Å². The van der Waals surface area contributed by atoms with Gasteiger partial charge >= 0.3 is 0 Å². The average molecular weight is 357 g/mol. The molecule has 134 valence electrons. The molecule has 4 rings (SSSR count). The summed E-state index contributed by atoms with van der Waals surface area (Å²) in [6.45, 7) is 2.21. The fraction of sp³-hybridized carbons (Fsp3) is 0.250. The van der Waals surface area contributed by atoms with Crippen LogP contribution in [0.2, 0.25) is 0 Å². The SMILES string of the molecule is N#Cc1cccnc1N1CCc2ncnc(NCc3cccnc3)c2CC1. The van der Waals surface area contributed by atoms with Crippen LogP contribution >= 0.6 is 0 Å². The fourth-order valence-electron chi connectivity index (χ4n) is 3.32. The highest BCUT2D eigenvalue weighted by atomic mass is 15.2. The standard InChI is InChI=1S/C20H19N7/c21-11-16-4-2-8-23-20(16)27-9-5-17-18(6-10-27)25-14-26-19(17)24-13-15-3-1-7-22-12-15/h1-4,7-8,12,14H,5-6,9-10,13H2,(H,24,25,26). The highest BCUT2D eigenvalue weighted by Crippen LogP contribution is 2.24. The summed E-state index contributed by atoms with van der Waals surface area (Å²) in [5.74, 6) is 1.61. The summed E-state index contributed by atoms with van der Waals surface area (Å²) in [4.78, 5) is 19.7. The summed E-state index contributed by atoms with van der Waals surface area (Å²) < 4.78 is 0. The van der Waals surface area contributed by atoms with Crippen molar-refractivity contribution in [1.82, 2.24) is 19.9 Å². The van der Waals surface area contributed by atoms with E-state index < -0.39 is 0 Å². The maximum Gasteiger partial charge on any atom is 0.146 e. The van der Waals surface area contributed by atoms with Crippen molar-refractivity contribution in [3.8, 4) is 6.07 Å². The molecule has 3 aromatic rings. The number of anilines is 2. The summed E-state index contributed by atoms with van der Waals surface area (Å²) in [5, 5.41) is 12.8. The first-order valence-electron chi connectivity index (χ1n) is 8.91. The van der Waals surface area contributed by atoms with Crippen LogP contribution < -0.4 is 10.2 Å². The van der Waals surface area contributed by atoms with Crippen LogP contribution in [0, 0.1) is 11.3 Å². The average Bonchev–Trinajstić information content (AvgIpc) is 2.96. The Morgan fingerprint density at radius 1 is 1.07 bits per heavy atom. The largest absolute Gasteiger partial charge is 0.366 e. The van der Waals surface area contributed by atoms with E-state index in [9.17, 15) is 5.26 Å². The lowest BCUT2D eigenvalue weighted by Crippen LogP contribution is -2.27. The topological polar surface area (TPSA) is 90.6 Å². The van der Waals surface area contributed by atoms with Crippen molar-refractivity contribution >= 4 is 11.6 Å². The van der Waals surface area contributed by atoms with Crippen molar-refractivity contribution < 1.29 is 0 Å². The number of hydrogen-bond donors (Lipinski definition) is 1. The molecule has 0 fully saturated rings. The Balaban J connectivity index is 1.53. The summed E-state index contributed by atoms with van der Waals surface area (Å²) >= 11 is 0. The Kier molecular flexibility index (Phi) is 4.88. The summed E-state index contributed by atoms with van der Waals surface area (Å²) in [7, 11) is 0. The van der Waals surface area contributed by atoms with Crippen molar-refractivity contribution in [1.29, 1.82) is 5.26 Å². The third-order valence-corrected chi connectivity index (χ3v) is 4.67. The molecule has 1 N–H and O–H groups in total. The molecular weight excluding hydrogens is 338 g/mol. The molecule has 0 aromatic carbocycles. The highest BCUT2D eigenvalue weighted by molar-refractivity contribution is 5.55. The van der Waals surface area contributed by atoms with E-state index in [4.69, 9.17) is 0 Å². The van der Waals surface area contributed by atoms with Gasteiger partial charge in [0.1, 0.15) is 24.0 Å². The summed E-state index contributed by atoms with van der Waals surface area (Å²) in [6.07, 6.45) is 8.55. The predicted octanol–water partition coefficient (Wildman–Crippen LogP) is 2.36. The van der Waals surface area contributed by atoms with Gasteiger partial charge in [-0.05, 0) is 30.2 Å². The molecule has 1 aliphatic rings. The highest BCUT2D eigenvalue weighted by Gasteiger charge is 2.21. The van der Waals surface area contributed by atoms with Crippen LogP contribution in [0.5, 0.6) is 0 Å². The van der Waals surface area contributed by atoms with E-state index in [0.717, 1.165) is 54.4 Å². The number of nitrogens with zero attached hydrogens (tertiary/aromatic N) is 6. The number of rotatable bonds is 4. The molecular formula is C20H19N7.